The van der Waals surface area contributed by atoms with E-state index in [0.29, 0.717) is 19.7 Å². The van der Waals surface area contributed by atoms with Gasteiger partial charge in [-0.1, -0.05) is 6.07 Å². The number of amides is 2. The maximum atomic E-state index is 12.5. The van der Waals surface area contributed by atoms with Gasteiger partial charge in [0, 0.05) is 25.4 Å². The van der Waals surface area contributed by atoms with E-state index in [1.807, 2.05) is 26.0 Å². The van der Waals surface area contributed by atoms with E-state index in [1.165, 1.54) is 0 Å². The molecule has 2 fully saturated rings. The Hall–Kier alpha value is -1.92. The molecule has 6 heteroatoms. The molecule has 0 unspecified atom stereocenters. The minimum atomic E-state index is -0.130. The van der Waals surface area contributed by atoms with Crippen molar-refractivity contribution < 1.29 is 19.1 Å². The molecule has 2 saturated heterocycles. The Labute approximate surface area is 155 Å². The van der Waals surface area contributed by atoms with Crippen molar-refractivity contribution in [3.05, 3.63) is 29.3 Å². The summed E-state index contributed by atoms with van der Waals surface area (Å²) < 4.78 is 11.1. The lowest BCUT2D eigenvalue weighted by Gasteiger charge is -2.34. The number of hydrogen-bond acceptors (Lipinski definition) is 4. The minimum absolute atomic E-state index is 0.0106. The first-order chi connectivity index (χ1) is 12.5. The van der Waals surface area contributed by atoms with Gasteiger partial charge >= 0.3 is 0 Å². The van der Waals surface area contributed by atoms with Crippen LogP contribution in [0.4, 0.5) is 5.69 Å². The van der Waals surface area contributed by atoms with Crippen LogP contribution in [0.3, 0.4) is 0 Å². The van der Waals surface area contributed by atoms with Crippen LogP contribution in [-0.4, -0.2) is 62.3 Å². The van der Waals surface area contributed by atoms with Gasteiger partial charge in [-0.2, -0.15) is 0 Å². The number of piperazine rings is 1. The predicted octanol–water partition coefficient (Wildman–Crippen LogP) is 2.06. The van der Waals surface area contributed by atoms with Gasteiger partial charge in [-0.05, 0) is 56.4 Å². The molecular weight excluding hydrogens is 332 g/mol. The summed E-state index contributed by atoms with van der Waals surface area (Å²) in [7, 11) is 0. The molecule has 0 aliphatic carbocycles. The first-order valence-electron chi connectivity index (χ1n) is 9.39. The number of benzene rings is 1. The maximum Gasteiger partial charge on any atom is 0.249 e. The number of anilines is 1. The van der Waals surface area contributed by atoms with Gasteiger partial charge in [-0.25, -0.2) is 0 Å². The SMILES string of the molecule is Cc1cc(C)cc(N2CCN(C(=O)COC[C@H]3CCCCO3)CC2=O)c1. The highest BCUT2D eigenvalue weighted by Crippen LogP contribution is 2.21. The Morgan fingerprint density at radius 2 is 1.96 bits per heavy atom. The number of hydrogen-bond donors (Lipinski definition) is 0. The van der Waals surface area contributed by atoms with Crippen LogP contribution in [0, 0.1) is 13.8 Å². The molecule has 2 aliphatic rings. The zero-order valence-electron chi connectivity index (χ0n) is 15.7. The molecule has 0 radical (unpaired) electrons. The number of carbonyl (C=O) groups is 2. The van der Waals surface area contributed by atoms with Gasteiger partial charge < -0.3 is 19.3 Å². The Bertz CT molecular complexity index is 635. The van der Waals surface area contributed by atoms with E-state index in [0.717, 1.165) is 42.7 Å². The number of rotatable bonds is 5. The topological polar surface area (TPSA) is 59.1 Å². The molecule has 142 valence electrons. The van der Waals surface area contributed by atoms with Crippen molar-refractivity contribution >= 4 is 17.5 Å². The summed E-state index contributed by atoms with van der Waals surface area (Å²) in [6, 6.07) is 6.10. The maximum absolute atomic E-state index is 12.5. The molecular formula is C20H28N2O4. The average molecular weight is 360 g/mol. The van der Waals surface area contributed by atoms with Crippen LogP contribution in [0.2, 0.25) is 0 Å². The number of nitrogens with zero attached hydrogens (tertiary/aromatic N) is 2. The van der Waals surface area contributed by atoms with Crippen LogP contribution in [0.15, 0.2) is 18.2 Å². The largest absolute Gasteiger partial charge is 0.376 e. The third-order valence-electron chi connectivity index (χ3n) is 4.89. The van der Waals surface area contributed by atoms with E-state index < -0.39 is 0 Å². The fourth-order valence-electron chi connectivity index (χ4n) is 3.57. The quantitative estimate of drug-likeness (QED) is 0.807. The molecule has 2 heterocycles. The fraction of sp³-hybridized carbons (Fsp3) is 0.600. The van der Waals surface area contributed by atoms with Crippen LogP contribution in [0.5, 0.6) is 0 Å². The van der Waals surface area contributed by atoms with Crippen molar-refractivity contribution in [1.82, 2.24) is 4.90 Å². The van der Waals surface area contributed by atoms with Crippen LogP contribution >= 0.6 is 0 Å². The highest BCUT2D eigenvalue weighted by molar-refractivity contribution is 5.98. The minimum Gasteiger partial charge on any atom is -0.376 e. The Morgan fingerprint density at radius 3 is 2.62 bits per heavy atom. The molecule has 1 aromatic rings. The molecule has 0 spiro atoms. The summed E-state index contributed by atoms with van der Waals surface area (Å²) in [4.78, 5) is 28.2. The summed E-state index contributed by atoms with van der Waals surface area (Å²) in [6.07, 6.45) is 3.33. The second kappa shape index (κ2) is 8.64. The zero-order chi connectivity index (χ0) is 18.5. The van der Waals surface area contributed by atoms with Crippen LogP contribution < -0.4 is 4.90 Å². The van der Waals surface area contributed by atoms with Crippen LogP contribution in [-0.2, 0) is 19.1 Å². The van der Waals surface area contributed by atoms with E-state index in [9.17, 15) is 9.59 Å². The molecule has 0 saturated carbocycles. The Balaban J connectivity index is 1.48. The van der Waals surface area contributed by atoms with E-state index in [4.69, 9.17) is 9.47 Å². The fourth-order valence-corrected chi connectivity index (χ4v) is 3.57. The molecule has 0 aromatic heterocycles. The first kappa shape index (κ1) is 18.9. The van der Waals surface area contributed by atoms with Crippen molar-refractivity contribution in [2.75, 3.05) is 44.4 Å². The lowest BCUT2D eigenvalue weighted by molar-refractivity contribution is -0.142. The van der Waals surface area contributed by atoms with Gasteiger partial charge in [0.15, 0.2) is 0 Å². The molecule has 3 rings (SSSR count). The smallest absolute Gasteiger partial charge is 0.249 e. The summed E-state index contributed by atoms with van der Waals surface area (Å²) in [5.41, 5.74) is 3.17. The van der Waals surface area contributed by atoms with Crippen molar-refractivity contribution in [2.45, 2.75) is 39.2 Å². The number of aryl methyl sites for hydroxylation is 2. The predicted molar refractivity (Wildman–Crippen MR) is 99.3 cm³/mol. The van der Waals surface area contributed by atoms with Gasteiger partial charge in [0.05, 0.1) is 12.7 Å². The Morgan fingerprint density at radius 1 is 1.19 bits per heavy atom. The van der Waals surface area contributed by atoms with Crippen molar-refractivity contribution in [3.8, 4) is 0 Å². The van der Waals surface area contributed by atoms with Crippen molar-refractivity contribution in [2.24, 2.45) is 0 Å². The van der Waals surface area contributed by atoms with Gasteiger partial charge in [0.1, 0.15) is 13.2 Å². The monoisotopic (exact) mass is 360 g/mol. The van der Waals surface area contributed by atoms with E-state index in [-0.39, 0.29) is 31.1 Å². The molecule has 1 aromatic carbocycles. The highest BCUT2D eigenvalue weighted by Gasteiger charge is 2.28. The lowest BCUT2D eigenvalue weighted by atomic mass is 10.1. The number of carbonyl (C=O) groups excluding carboxylic acids is 2. The van der Waals surface area contributed by atoms with E-state index in [1.54, 1.807) is 9.80 Å². The second-order valence-corrected chi connectivity index (χ2v) is 7.21. The number of ether oxygens (including phenoxy) is 2. The standard InChI is InChI=1S/C20H28N2O4/c1-15-9-16(2)11-17(10-15)22-7-6-21(12-19(22)23)20(24)14-25-13-18-5-3-4-8-26-18/h9-11,18H,3-8,12-14H2,1-2H3/t18-/m1/s1. The molecule has 26 heavy (non-hydrogen) atoms. The van der Waals surface area contributed by atoms with Crippen molar-refractivity contribution in [1.29, 1.82) is 0 Å². The summed E-state index contributed by atoms with van der Waals surface area (Å²) in [5, 5.41) is 0. The average Bonchev–Trinajstić information content (AvgIpc) is 2.61. The molecule has 2 aliphatic heterocycles. The van der Waals surface area contributed by atoms with Crippen LogP contribution in [0.1, 0.15) is 30.4 Å². The van der Waals surface area contributed by atoms with Crippen LogP contribution in [0.25, 0.3) is 0 Å². The Kier molecular flexibility index (Phi) is 6.27. The second-order valence-electron chi connectivity index (χ2n) is 7.21. The molecule has 0 N–H and O–H groups in total. The molecule has 6 nitrogen and oxygen atoms in total. The first-order valence-corrected chi connectivity index (χ1v) is 9.39. The summed E-state index contributed by atoms with van der Waals surface area (Å²) >= 11 is 0. The summed E-state index contributed by atoms with van der Waals surface area (Å²) in [6.45, 7) is 6.42. The molecule has 2 amide bonds. The summed E-state index contributed by atoms with van der Waals surface area (Å²) in [5.74, 6) is -0.181. The molecule has 1 atom stereocenters. The third kappa shape index (κ3) is 4.83. The van der Waals surface area contributed by atoms with E-state index >= 15 is 0 Å². The third-order valence-corrected chi connectivity index (χ3v) is 4.89. The molecule has 0 bridgehead atoms. The van der Waals surface area contributed by atoms with E-state index in [2.05, 4.69) is 6.07 Å². The normalized spacial score (nSPS) is 21.2. The van der Waals surface area contributed by atoms with Gasteiger partial charge in [-0.3, -0.25) is 9.59 Å². The van der Waals surface area contributed by atoms with Gasteiger partial charge in [-0.15, -0.1) is 0 Å². The highest BCUT2D eigenvalue weighted by atomic mass is 16.5. The lowest BCUT2D eigenvalue weighted by Crippen LogP contribution is -2.53. The van der Waals surface area contributed by atoms with Crippen molar-refractivity contribution in [3.63, 3.8) is 0 Å². The van der Waals surface area contributed by atoms with Gasteiger partial charge in [0.2, 0.25) is 11.8 Å². The van der Waals surface area contributed by atoms with Gasteiger partial charge in [0.25, 0.3) is 0 Å². The zero-order valence-corrected chi connectivity index (χ0v) is 15.7.